The Morgan fingerprint density at radius 3 is 2.89 bits per heavy atom. The van der Waals surface area contributed by atoms with Gasteiger partial charge < -0.3 is 10.1 Å². The van der Waals surface area contributed by atoms with E-state index in [1.165, 1.54) is 0 Å². The third-order valence-corrected chi connectivity index (χ3v) is 3.91. The molecule has 0 saturated heterocycles. The van der Waals surface area contributed by atoms with Crippen LogP contribution in [0.4, 0.5) is 5.69 Å². The van der Waals surface area contributed by atoms with Crippen molar-refractivity contribution in [3.05, 3.63) is 22.7 Å². The highest BCUT2D eigenvalue weighted by molar-refractivity contribution is 6.31. The zero-order valence-corrected chi connectivity index (χ0v) is 11.4. The number of aryl methyl sites for hydroxylation is 1. The number of rotatable bonds is 3. The molecule has 0 radical (unpaired) electrons. The summed E-state index contributed by atoms with van der Waals surface area (Å²) in [4.78, 5) is 0. The van der Waals surface area contributed by atoms with Gasteiger partial charge in [0.15, 0.2) is 0 Å². The topological polar surface area (TPSA) is 45.0 Å². The number of nitrogens with zero attached hydrogens (tertiary/aromatic N) is 1. The van der Waals surface area contributed by atoms with Gasteiger partial charge in [0.05, 0.1) is 24.8 Å². The van der Waals surface area contributed by atoms with E-state index in [1.807, 2.05) is 19.1 Å². The molecule has 0 spiro atoms. The first-order valence-corrected chi connectivity index (χ1v) is 6.53. The minimum absolute atomic E-state index is 0.0886. The van der Waals surface area contributed by atoms with Gasteiger partial charge in [0.25, 0.3) is 0 Å². The van der Waals surface area contributed by atoms with Crippen LogP contribution in [0, 0.1) is 24.2 Å². The average Bonchev–Trinajstić information content (AvgIpc) is 2.80. The quantitative estimate of drug-likeness (QED) is 0.904. The maximum atomic E-state index is 9.10. The van der Waals surface area contributed by atoms with E-state index in [2.05, 4.69) is 11.4 Å². The van der Waals surface area contributed by atoms with E-state index in [1.54, 1.807) is 7.11 Å². The van der Waals surface area contributed by atoms with Crippen molar-refractivity contribution in [3.63, 3.8) is 0 Å². The molecular weight excluding hydrogens is 248 g/mol. The Bertz CT molecular complexity index is 481. The predicted octanol–water partition coefficient (Wildman–Crippen LogP) is 3.76. The Morgan fingerprint density at radius 2 is 2.22 bits per heavy atom. The third kappa shape index (κ3) is 2.54. The van der Waals surface area contributed by atoms with E-state index in [0.29, 0.717) is 5.02 Å². The molecule has 0 bridgehead atoms. The van der Waals surface area contributed by atoms with E-state index in [9.17, 15) is 0 Å². The number of halogens is 1. The van der Waals surface area contributed by atoms with Crippen LogP contribution in [0.5, 0.6) is 5.75 Å². The first-order valence-electron chi connectivity index (χ1n) is 6.16. The number of anilines is 1. The van der Waals surface area contributed by atoms with Gasteiger partial charge in [-0.15, -0.1) is 0 Å². The number of hydrogen-bond acceptors (Lipinski definition) is 3. The second-order valence-corrected chi connectivity index (χ2v) is 5.13. The van der Waals surface area contributed by atoms with Crippen LogP contribution in [0.15, 0.2) is 12.1 Å². The van der Waals surface area contributed by atoms with Crippen LogP contribution in [0.3, 0.4) is 0 Å². The smallest absolute Gasteiger partial charge is 0.143 e. The molecule has 2 atom stereocenters. The lowest BCUT2D eigenvalue weighted by Gasteiger charge is -2.20. The molecule has 96 valence electrons. The van der Waals surface area contributed by atoms with Crippen molar-refractivity contribution < 1.29 is 4.74 Å². The van der Waals surface area contributed by atoms with Crippen LogP contribution in [0.25, 0.3) is 0 Å². The molecule has 1 saturated carbocycles. The SMILES string of the molecule is COc1cc(Cl)c(C)cc1NC1CCCC1C#N. The van der Waals surface area contributed by atoms with Gasteiger partial charge in [0, 0.05) is 17.1 Å². The van der Waals surface area contributed by atoms with Crippen LogP contribution in [-0.4, -0.2) is 13.2 Å². The van der Waals surface area contributed by atoms with E-state index in [0.717, 1.165) is 36.3 Å². The summed E-state index contributed by atoms with van der Waals surface area (Å²) in [5.74, 6) is 0.819. The number of methoxy groups -OCH3 is 1. The number of benzene rings is 1. The van der Waals surface area contributed by atoms with Gasteiger partial charge in [-0.1, -0.05) is 11.6 Å². The average molecular weight is 265 g/mol. The van der Waals surface area contributed by atoms with Crippen molar-refractivity contribution in [2.45, 2.75) is 32.2 Å². The summed E-state index contributed by atoms with van der Waals surface area (Å²) < 4.78 is 5.33. The summed E-state index contributed by atoms with van der Waals surface area (Å²) in [7, 11) is 1.63. The molecule has 4 heteroatoms. The van der Waals surface area contributed by atoms with Gasteiger partial charge >= 0.3 is 0 Å². The molecule has 2 rings (SSSR count). The van der Waals surface area contributed by atoms with Gasteiger partial charge in [-0.25, -0.2) is 0 Å². The largest absolute Gasteiger partial charge is 0.495 e. The molecule has 1 aromatic rings. The first-order chi connectivity index (χ1) is 8.65. The first kappa shape index (κ1) is 13.0. The van der Waals surface area contributed by atoms with Crippen molar-refractivity contribution in [3.8, 4) is 11.8 Å². The lowest BCUT2D eigenvalue weighted by molar-refractivity contribution is 0.415. The number of nitriles is 1. The monoisotopic (exact) mass is 264 g/mol. The van der Waals surface area contributed by atoms with Crippen molar-refractivity contribution in [1.82, 2.24) is 0 Å². The molecule has 1 aliphatic carbocycles. The Morgan fingerprint density at radius 1 is 1.44 bits per heavy atom. The molecule has 0 heterocycles. The van der Waals surface area contributed by atoms with Crippen LogP contribution in [0.2, 0.25) is 5.02 Å². The van der Waals surface area contributed by atoms with Crippen LogP contribution < -0.4 is 10.1 Å². The van der Waals surface area contributed by atoms with Gasteiger partial charge in [0.2, 0.25) is 0 Å². The summed E-state index contributed by atoms with van der Waals surface area (Å²) in [6.45, 7) is 1.96. The van der Waals surface area contributed by atoms with Crippen molar-refractivity contribution in [2.24, 2.45) is 5.92 Å². The fraction of sp³-hybridized carbons (Fsp3) is 0.500. The summed E-state index contributed by atoms with van der Waals surface area (Å²) in [6, 6.07) is 6.38. The molecule has 2 unspecified atom stereocenters. The summed E-state index contributed by atoms with van der Waals surface area (Å²) in [6.07, 6.45) is 3.11. The van der Waals surface area contributed by atoms with E-state index in [4.69, 9.17) is 21.6 Å². The van der Waals surface area contributed by atoms with Gasteiger partial charge in [0.1, 0.15) is 5.75 Å². The second kappa shape index (κ2) is 5.49. The Kier molecular flexibility index (Phi) is 3.98. The van der Waals surface area contributed by atoms with Gasteiger partial charge in [-0.05, 0) is 37.8 Å². The highest BCUT2D eigenvalue weighted by Crippen LogP contribution is 2.35. The third-order valence-electron chi connectivity index (χ3n) is 3.50. The molecule has 0 aromatic heterocycles. The molecule has 1 N–H and O–H groups in total. The number of nitrogens with one attached hydrogen (secondary N) is 1. The van der Waals surface area contributed by atoms with Gasteiger partial charge in [-0.2, -0.15) is 5.26 Å². The summed E-state index contributed by atoms with van der Waals surface area (Å²) >= 11 is 6.08. The fourth-order valence-corrected chi connectivity index (χ4v) is 2.59. The molecule has 18 heavy (non-hydrogen) atoms. The molecular formula is C14H17ClN2O. The van der Waals surface area contributed by atoms with Crippen molar-refractivity contribution in [2.75, 3.05) is 12.4 Å². The lowest BCUT2D eigenvalue weighted by atomic mass is 10.1. The fourth-order valence-electron chi connectivity index (χ4n) is 2.43. The van der Waals surface area contributed by atoms with E-state index < -0.39 is 0 Å². The van der Waals surface area contributed by atoms with E-state index in [-0.39, 0.29) is 12.0 Å². The zero-order valence-electron chi connectivity index (χ0n) is 10.7. The second-order valence-electron chi connectivity index (χ2n) is 4.72. The van der Waals surface area contributed by atoms with Crippen molar-refractivity contribution in [1.29, 1.82) is 5.26 Å². The minimum atomic E-state index is 0.0886. The molecule has 0 amide bonds. The maximum Gasteiger partial charge on any atom is 0.143 e. The normalized spacial score (nSPS) is 22.6. The lowest BCUT2D eigenvalue weighted by Crippen LogP contribution is -2.23. The Hall–Kier alpha value is -1.40. The molecule has 1 aromatic carbocycles. The standard InChI is InChI=1S/C14H17ClN2O/c1-9-6-13(14(18-2)7-11(9)15)17-12-5-3-4-10(12)8-16/h6-7,10,12,17H,3-5H2,1-2H3. The highest BCUT2D eigenvalue weighted by Gasteiger charge is 2.27. The molecule has 0 aliphatic heterocycles. The molecule has 1 aliphatic rings. The Balaban J connectivity index is 2.23. The van der Waals surface area contributed by atoms with Crippen LogP contribution in [0.1, 0.15) is 24.8 Å². The zero-order chi connectivity index (χ0) is 13.1. The van der Waals surface area contributed by atoms with Gasteiger partial charge in [-0.3, -0.25) is 0 Å². The Labute approximate surface area is 113 Å². The predicted molar refractivity (Wildman–Crippen MR) is 73.1 cm³/mol. The summed E-state index contributed by atoms with van der Waals surface area (Å²) in [5, 5.41) is 13.2. The molecule has 3 nitrogen and oxygen atoms in total. The van der Waals surface area contributed by atoms with Crippen LogP contribution >= 0.6 is 11.6 Å². The van der Waals surface area contributed by atoms with E-state index >= 15 is 0 Å². The molecule has 1 fully saturated rings. The summed E-state index contributed by atoms with van der Waals surface area (Å²) in [5.41, 5.74) is 1.93. The number of hydrogen-bond donors (Lipinski definition) is 1. The highest BCUT2D eigenvalue weighted by atomic mass is 35.5. The maximum absolute atomic E-state index is 9.10. The number of ether oxygens (including phenoxy) is 1. The van der Waals surface area contributed by atoms with Crippen molar-refractivity contribution >= 4 is 17.3 Å². The van der Waals surface area contributed by atoms with Crippen LogP contribution in [-0.2, 0) is 0 Å². The minimum Gasteiger partial charge on any atom is -0.495 e.